The van der Waals surface area contributed by atoms with Crippen molar-refractivity contribution in [1.82, 2.24) is 4.98 Å². The largest absolute Gasteiger partial charge is 0.465 e. The van der Waals surface area contributed by atoms with Crippen molar-refractivity contribution in [3.05, 3.63) is 41.5 Å². The van der Waals surface area contributed by atoms with Gasteiger partial charge in [-0.15, -0.1) is 0 Å². The van der Waals surface area contributed by atoms with Crippen molar-refractivity contribution in [1.29, 1.82) is 0 Å². The van der Waals surface area contributed by atoms with Crippen LogP contribution in [0.4, 0.5) is 11.5 Å². The third kappa shape index (κ3) is 3.28. The Bertz CT molecular complexity index is 607. The zero-order valence-corrected chi connectivity index (χ0v) is 11.5. The number of carbonyl (C=O) groups excluding carboxylic acids is 1. The summed E-state index contributed by atoms with van der Waals surface area (Å²) in [7, 11) is 0. The molecule has 6 heteroatoms. The summed E-state index contributed by atoms with van der Waals surface area (Å²) in [5.41, 5.74) is 6.32. The van der Waals surface area contributed by atoms with Gasteiger partial charge in [0.15, 0.2) is 0 Å². The maximum atomic E-state index is 11.7. The molecule has 0 fully saturated rings. The number of nitrogen functional groups attached to an aromatic ring is 1. The molecular weight excluding hydrogens is 258 g/mol. The van der Waals surface area contributed by atoms with E-state index in [-0.39, 0.29) is 0 Å². The van der Waals surface area contributed by atoms with E-state index in [1.807, 2.05) is 19.1 Å². The molecule has 2 aromatic rings. The molecule has 2 heterocycles. The van der Waals surface area contributed by atoms with Gasteiger partial charge in [-0.05, 0) is 32.0 Å². The molecule has 0 bridgehead atoms. The van der Waals surface area contributed by atoms with Gasteiger partial charge in [-0.2, -0.15) is 0 Å². The van der Waals surface area contributed by atoms with Crippen molar-refractivity contribution in [3.63, 3.8) is 0 Å². The Kier molecular flexibility index (Phi) is 4.24. The van der Waals surface area contributed by atoms with Crippen LogP contribution in [0.1, 0.15) is 28.8 Å². The summed E-state index contributed by atoms with van der Waals surface area (Å²) in [6.45, 7) is 4.40. The molecule has 20 heavy (non-hydrogen) atoms. The summed E-state index contributed by atoms with van der Waals surface area (Å²) in [4.78, 5) is 15.8. The number of pyridine rings is 1. The Labute approximate surface area is 116 Å². The number of carbonyl (C=O) groups is 1. The van der Waals surface area contributed by atoms with E-state index in [1.54, 1.807) is 13.0 Å². The number of hydrogen-bond donors (Lipinski definition) is 2. The normalized spacial score (nSPS) is 10.3. The van der Waals surface area contributed by atoms with Crippen LogP contribution in [-0.2, 0) is 11.3 Å². The van der Waals surface area contributed by atoms with Crippen LogP contribution in [0.3, 0.4) is 0 Å². The molecule has 0 aromatic carbocycles. The summed E-state index contributed by atoms with van der Waals surface area (Å²) >= 11 is 0. The van der Waals surface area contributed by atoms with Crippen LogP contribution in [0.15, 0.2) is 28.8 Å². The predicted octanol–water partition coefficient (Wildman–Crippen LogP) is 2.35. The minimum atomic E-state index is -0.454. The van der Waals surface area contributed by atoms with Crippen molar-refractivity contribution >= 4 is 17.5 Å². The first kappa shape index (κ1) is 13.9. The van der Waals surface area contributed by atoms with Crippen molar-refractivity contribution in [2.75, 3.05) is 17.7 Å². The van der Waals surface area contributed by atoms with E-state index in [9.17, 15) is 4.79 Å². The number of furan rings is 1. The molecule has 0 atom stereocenters. The van der Waals surface area contributed by atoms with Crippen LogP contribution in [0.2, 0.25) is 0 Å². The smallest absolute Gasteiger partial charge is 0.340 e. The van der Waals surface area contributed by atoms with Gasteiger partial charge in [-0.25, -0.2) is 9.78 Å². The van der Waals surface area contributed by atoms with Crippen LogP contribution < -0.4 is 11.1 Å². The van der Waals surface area contributed by atoms with E-state index in [0.717, 1.165) is 11.5 Å². The van der Waals surface area contributed by atoms with Crippen LogP contribution in [0.25, 0.3) is 0 Å². The van der Waals surface area contributed by atoms with Gasteiger partial charge in [-0.3, -0.25) is 0 Å². The summed E-state index contributed by atoms with van der Waals surface area (Å²) in [6, 6.07) is 5.34. The van der Waals surface area contributed by atoms with E-state index >= 15 is 0 Å². The number of hydrogen-bond acceptors (Lipinski definition) is 6. The van der Waals surface area contributed by atoms with Crippen molar-refractivity contribution in [3.8, 4) is 0 Å². The van der Waals surface area contributed by atoms with Gasteiger partial charge in [0.05, 0.1) is 30.6 Å². The molecule has 0 saturated carbocycles. The lowest BCUT2D eigenvalue weighted by Crippen LogP contribution is -2.10. The van der Waals surface area contributed by atoms with Crippen LogP contribution >= 0.6 is 0 Å². The van der Waals surface area contributed by atoms with Gasteiger partial charge in [0.1, 0.15) is 17.3 Å². The number of esters is 1. The summed E-state index contributed by atoms with van der Waals surface area (Å²) < 4.78 is 10.4. The Hall–Kier alpha value is -2.50. The van der Waals surface area contributed by atoms with Crippen molar-refractivity contribution in [2.45, 2.75) is 20.4 Å². The molecule has 0 radical (unpaired) electrons. The highest BCUT2D eigenvalue weighted by atomic mass is 16.5. The average Bonchev–Trinajstić information content (AvgIpc) is 2.84. The SMILES string of the molecule is CCOC(=O)c1cc(NCc2ccc(C)o2)ncc1N. The lowest BCUT2D eigenvalue weighted by molar-refractivity contribution is 0.0527. The van der Waals surface area contributed by atoms with Gasteiger partial charge in [0.2, 0.25) is 0 Å². The van der Waals surface area contributed by atoms with Gasteiger partial charge in [-0.1, -0.05) is 0 Å². The molecule has 106 valence electrons. The molecule has 0 saturated heterocycles. The molecule has 6 nitrogen and oxygen atoms in total. The second kappa shape index (κ2) is 6.10. The highest BCUT2D eigenvalue weighted by molar-refractivity contribution is 5.95. The van der Waals surface area contributed by atoms with Gasteiger partial charge < -0.3 is 20.2 Å². The first-order valence-corrected chi connectivity index (χ1v) is 6.32. The number of aryl methyl sites for hydroxylation is 1. The van der Waals surface area contributed by atoms with E-state index < -0.39 is 5.97 Å². The Balaban J connectivity index is 2.08. The zero-order chi connectivity index (χ0) is 14.5. The molecule has 2 rings (SSSR count). The number of nitrogens with one attached hydrogen (secondary N) is 1. The maximum Gasteiger partial charge on any atom is 0.340 e. The molecule has 0 spiro atoms. The summed E-state index contributed by atoms with van der Waals surface area (Å²) in [6.07, 6.45) is 1.43. The number of nitrogens with two attached hydrogens (primary N) is 1. The van der Waals surface area contributed by atoms with Crippen LogP contribution in [0.5, 0.6) is 0 Å². The first-order chi connectivity index (χ1) is 9.60. The van der Waals surface area contributed by atoms with Gasteiger partial charge >= 0.3 is 5.97 Å². The van der Waals surface area contributed by atoms with E-state index in [4.69, 9.17) is 14.9 Å². The molecule has 0 amide bonds. The second-order valence-electron chi connectivity index (χ2n) is 4.24. The fourth-order valence-corrected chi connectivity index (χ4v) is 1.71. The standard InChI is InChI=1S/C14H17N3O3/c1-3-19-14(18)11-6-13(17-8-12(11)15)16-7-10-5-4-9(2)20-10/h4-6,8H,3,7,15H2,1-2H3,(H,16,17). The summed E-state index contributed by atoms with van der Waals surface area (Å²) in [5, 5.41) is 3.07. The Morgan fingerprint density at radius 3 is 2.95 bits per heavy atom. The molecule has 3 N–H and O–H groups in total. The van der Waals surface area contributed by atoms with Gasteiger partial charge in [0, 0.05) is 0 Å². The third-order valence-electron chi connectivity index (χ3n) is 2.67. The monoisotopic (exact) mass is 275 g/mol. The number of rotatable bonds is 5. The lowest BCUT2D eigenvalue weighted by atomic mass is 10.2. The molecule has 0 unspecified atom stereocenters. The molecule has 0 aliphatic rings. The topological polar surface area (TPSA) is 90.4 Å². The third-order valence-corrected chi connectivity index (χ3v) is 2.67. The lowest BCUT2D eigenvalue weighted by Gasteiger charge is -2.08. The minimum Gasteiger partial charge on any atom is -0.465 e. The number of nitrogens with zero attached hydrogens (tertiary/aromatic N) is 1. The number of ether oxygens (including phenoxy) is 1. The number of anilines is 2. The fraction of sp³-hybridized carbons (Fsp3) is 0.286. The Morgan fingerprint density at radius 2 is 2.30 bits per heavy atom. The van der Waals surface area contributed by atoms with E-state index in [2.05, 4.69) is 10.3 Å². The molecule has 0 aliphatic carbocycles. The van der Waals surface area contributed by atoms with Crippen LogP contribution in [0, 0.1) is 6.92 Å². The molecule has 0 aliphatic heterocycles. The van der Waals surface area contributed by atoms with E-state index in [1.165, 1.54) is 6.20 Å². The van der Waals surface area contributed by atoms with Crippen molar-refractivity contribution in [2.24, 2.45) is 0 Å². The quantitative estimate of drug-likeness (QED) is 0.814. The van der Waals surface area contributed by atoms with E-state index in [0.29, 0.717) is 30.2 Å². The highest BCUT2D eigenvalue weighted by Crippen LogP contribution is 2.17. The Morgan fingerprint density at radius 1 is 1.50 bits per heavy atom. The average molecular weight is 275 g/mol. The minimum absolute atomic E-state index is 0.294. The van der Waals surface area contributed by atoms with Crippen molar-refractivity contribution < 1.29 is 13.9 Å². The second-order valence-corrected chi connectivity index (χ2v) is 4.24. The maximum absolute atomic E-state index is 11.7. The zero-order valence-electron chi connectivity index (χ0n) is 11.5. The fourth-order valence-electron chi connectivity index (χ4n) is 1.71. The predicted molar refractivity (Wildman–Crippen MR) is 75.4 cm³/mol. The number of aromatic nitrogens is 1. The van der Waals surface area contributed by atoms with Gasteiger partial charge in [0.25, 0.3) is 0 Å². The molecular formula is C14H17N3O3. The van der Waals surface area contributed by atoms with Crippen LogP contribution in [-0.4, -0.2) is 17.6 Å². The molecule has 2 aromatic heterocycles. The first-order valence-electron chi connectivity index (χ1n) is 6.32. The highest BCUT2D eigenvalue weighted by Gasteiger charge is 2.12. The summed E-state index contributed by atoms with van der Waals surface area (Å²) in [5.74, 6) is 1.72.